The Morgan fingerprint density at radius 2 is 2.73 bits per heavy atom. The van der Waals surface area contributed by atoms with Gasteiger partial charge in [0, 0.05) is 18.8 Å². The average molecular weight is 151 g/mol. The quantitative estimate of drug-likeness (QED) is 0.642. The van der Waals surface area contributed by atoms with Crippen LogP contribution in [0.3, 0.4) is 0 Å². The van der Waals surface area contributed by atoms with E-state index in [1.165, 1.54) is 12.1 Å². The fourth-order valence-electron chi connectivity index (χ4n) is 1.47. The van der Waals surface area contributed by atoms with Gasteiger partial charge in [-0.1, -0.05) is 6.92 Å². The van der Waals surface area contributed by atoms with Crippen molar-refractivity contribution >= 4 is 0 Å². The van der Waals surface area contributed by atoms with E-state index in [0.717, 1.165) is 13.1 Å². The highest BCUT2D eigenvalue weighted by molar-refractivity contribution is 5.03. The first-order valence-corrected chi connectivity index (χ1v) is 4.14. The molecule has 1 aliphatic heterocycles. The highest BCUT2D eigenvalue weighted by Gasteiger charge is 2.15. The summed E-state index contributed by atoms with van der Waals surface area (Å²) in [6.07, 6.45) is 3.05. The smallest absolute Gasteiger partial charge is 0.0566 e. The van der Waals surface area contributed by atoms with Crippen LogP contribution in [-0.2, 0) is 13.1 Å². The van der Waals surface area contributed by atoms with Crippen molar-refractivity contribution in [1.29, 1.82) is 0 Å². The molecule has 3 heteroatoms. The predicted octanol–water partition coefficient (Wildman–Crippen LogP) is 0.765. The molecule has 1 N–H and O–H groups in total. The topological polar surface area (TPSA) is 29.9 Å². The summed E-state index contributed by atoms with van der Waals surface area (Å²) in [6.45, 7) is 4.20. The fourth-order valence-corrected chi connectivity index (χ4v) is 1.47. The van der Waals surface area contributed by atoms with Crippen molar-refractivity contribution in [3.63, 3.8) is 0 Å². The molecule has 0 aromatic carbocycles. The standard InChI is InChI=1S/C8H13N3/c1-2-7-6-11-8(5-9-7)3-4-10-11/h3-4,7,9H,2,5-6H2,1H3. The van der Waals surface area contributed by atoms with E-state index < -0.39 is 0 Å². The molecule has 0 radical (unpaired) electrons. The molecule has 1 aliphatic rings. The molecule has 0 amide bonds. The molecule has 3 nitrogen and oxygen atoms in total. The van der Waals surface area contributed by atoms with Gasteiger partial charge in [0.25, 0.3) is 0 Å². The van der Waals surface area contributed by atoms with Gasteiger partial charge in [-0.15, -0.1) is 0 Å². The van der Waals surface area contributed by atoms with Crippen LogP contribution in [0.2, 0.25) is 0 Å². The number of nitrogens with one attached hydrogen (secondary N) is 1. The Morgan fingerprint density at radius 3 is 3.55 bits per heavy atom. The van der Waals surface area contributed by atoms with Gasteiger partial charge >= 0.3 is 0 Å². The highest BCUT2D eigenvalue weighted by Crippen LogP contribution is 2.08. The summed E-state index contributed by atoms with van der Waals surface area (Å²) >= 11 is 0. The molecule has 0 spiro atoms. The second-order valence-electron chi connectivity index (χ2n) is 2.99. The molecule has 0 fully saturated rings. The van der Waals surface area contributed by atoms with E-state index in [1.54, 1.807) is 0 Å². The van der Waals surface area contributed by atoms with Gasteiger partial charge < -0.3 is 5.32 Å². The van der Waals surface area contributed by atoms with Gasteiger partial charge in [-0.05, 0) is 12.5 Å². The number of hydrogen-bond donors (Lipinski definition) is 1. The van der Waals surface area contributed by atoms with E-state index in [2.05, 4.69) is 28.1 Å². The third-order valence-corrected chi connectivity index (χ3v) is 2.26. The van der Waals surface area contributed by atoms with Gasteiger partial charge in [-0.2, -0.15) is 5.10 Å². The molecule has 2 rings (SSSR count). The first kappa shape index (κ1) is 6.85. The van der Waals surface area contributed by atoms with E-state index in [-0.39, 0.29) is 0 Å². The number of fused-ring (bicyclic) bond motifs is 1. The van der Waals surface area contributed by atoms with Gasteiger partial charge in [0.05, 0.1) is 12.2 Å². The lowest BCUT2D eigenvalue weighted by Gasteiger charge is -2.23. The predicted molar refractivity (Wildman–Crippen MR) is 43.1 cm³/mol. The minimum atomic E-state index is 0.613. The maximum atomic E-state index is 4.23. The summed E-state index contributed by atoms with van der Waals surface area (Å²) in [7, 11) is 0. The van der Waals surface area contributed by atoms with Crippen LogP contribution < -0.4 is 5.32 Å². The van der Waals surface area contributed by atoms with Crippen LogP contribution in [0.25, 0.3) is 0 Å². The lowest BCUT2D eigenvalue weighted by molar-refractivity contribution is 0.361. The van der Waals surface area contributed by atoms with E-state index >= 15 is 0 Å². The van der Waals surface area contributed by atoms with Crippen LogP contribution >= 0.6 is 0 Å². The summed E-state index contributed by atoms with van der Waals surface area (Å²) in [4.78, 5) is 0. The van der Waals surface area contributed by atoms with Crippen molar-refractivity contribution in [3.05, 3.63) is 18.0 Å². The number of hydrogen-bond acceptors (Lipinski definition) is 2. The summed E-state index contributed by atoms with van der Waals surface area (Å²) in [5.41, 5.74) is 1.30. The van der Waals surface area contributed by atoms with E-state index in [4.69, 9.17) is 0 Å². The van der Waals surface area contributed by atoms with Crippen molar-refractivity contribution in [3.8, 4) is 0 Å². The number of aromatic nitrogens is 2. The van der Waals surface area contributed by atoms with Crippen molar-refractivity contribution in [1.82, 2.24) is 15.1 Å². The number of rotatable bonds is 1. The van der Waals surface area contributed by atoms with E-state index in [9.17, 15) is 0 Å². The van der Waals surface area contributed by atoms with Crippen molar-refractivity contribution in [2.75, 3.05) is 0 Å². The Labute approximate surface area is 66.4 Å². The molecule has 0 bridgehead atoms. The summed E-state index contributed by atoms with van der Waals surface area (Å²) < 4.78 is 2.09. The van der Waals surface area contributed by atoms with Crippen LogP contribution in [0.5, 0.6) is 0 Å². The maximum Gasteiger partial charge on any atom is 0.0566 e. The van der Waals surface area contributed by atoms with Crippen molar-refractivity contribution < 1.29 is 0 Å². The lowest BCUT2D eigenvalue weighted by atomic mass is 10.2. The molecule has 11 heavy (non-hydrogen) atoms. The Bertz CT molecular complexity index is 241. The SMILES string of the molecule is CCC1Cn2nccc2CN1. The molecule has 2 heterocycles. The van der Waals surface area contributed by atoms with Crippen LogP contribution in [0.4, 0.5) is 0 Å². The Hall–Kier alpha value is -0.830. The Morgan fingerprint density at radius 1 is 1.82 bits per heavy atom. The van der Waals surface area contributed by atoms with Crippen molar-refractivity contribution in [2.24, 2.45) is 0 Å². The molecule has 1 atom stereocenters. The van der Waals surface area contributed by atoms with E-state index in [0.29, 0.717) is 6.04 Å². The second-order valence-corrected chi connectivity index (χ2v) is 2.99. The average Bonchev–Trinajstić information content (AvgIpc) is 2.50. The third-order valence-electron chi connectivity index (χ3n) is 2.26. The zero-order valence-corrected chi connectivity index (χ0v) is 6.75. The molecular weight excluding hydrogens is 138 g/mol. The molecule has 60 valence electrons. The van der Waals surface area contributed by atoms with Gasteiger partial charge in [-0.3, -0.25) is 4.68 Å². The number of nitrogens with zero attached hydrogens (tertiary/aromatic N) is 2. The Kier molecular flexibility index (Phi) is 1.66. The van der Waals surface area contributed by atoms with E-state index in [1.807, 2.05) is 6.20 Å². The van der Waals surface area contributed by atoms with Crippen LogP contribution in [-0.4, -0.2) is 15.8 Å². The zero-order valence-electron chi connectivity index (χ0n) is 6.75. The molecular formula is C8H13N3. The van der Waals surface area contributed by atoms with Gasteiger partial charge in [0.2, 0.25) is 0 Å². The highest BCUT2D eigenvalue weighted by atomic mass is 15.3. The van der Waals surface area contributed by atoms with Crippen LogP contribution in [0, 0.1) is 0 Å². The fraction of sp³-hybridized carbons (Fsp3) is 0.625. The van der Waals surface area contributed by atoms with Crippen LogP contribution in [0.15, 0.2) is 12.3 Å². The summed E-state index contributed by atoms with van der Waals surface area (Å²) in [5, 5.41) is 7.68. The molecule has 1 aromatic heterocycles. The van der Waals surface area contributed by atoms with Gasteiger partial charge in [0.15, 0.2) is 0 Å². The first-order valence-electron chi connectivity index (χ1n) is 4.14. The third kappa shape index (κ3) is 1.16. The molecule has 1 unspecified atom stereocenters. The van der Waals surface area contributed by atoms with Gasteiger partial charge in [0.1, 0.15) is 0 Å². The Balaban J connectivity index is 2.18. The molecule has 0 saturated heterocycles. The summed E-state index contributed by atoms with van der Waals surface area (Å²) in [5.74, 6) is 0. The van der Waals surface area contributed by atoms with Crippen molar-refractivity contribution in [2.45, 2.75) is 32.5 Å². The monoisotopic (exact) mass is 151 g/mol. The maximum absolute atomic E-state index is 4.23. The summed E-state index contributed by atoms with van der Waals surface area (Å²) in [6, 6.07) is 2.68. The lowest BCUT2D eigenvalue weighted by Crippen LogP contribution is -2.38. The molecule has 0 aliphatic carbocycles. The van der Waals surface area contributed by atoms with Gasteiger partial charge in [-0.25, -0.2) is 0 Å². The first-order chi connectivity index (χ1) is 5.40. The molecule has 1 aromatic rings. The largest absolute Gasteiger partial charge is 0.307 e. The zero-order chi connectivity index (χ0) is 7.68. The minimum Gasteiger partial charge on any atom is -0.307 e. The molecule has 0 saturated carbocycles. The normalized spacial score (nSPS) is 23.2. The minimum absolute atomic E-state index is 0.613. The van der Waals surface area contributed by atoms with Crippen LogP contribution in [0.1, 0.15) is 19.0 Å². The second kappa shape index (κ2) is 2.66.